The first-order chi connectivity index (χ1) is 10.1. The van der Waals surface area contributed by atoms with Gasteiger partial charge in [-0.3, -0.25) is 9.59 Å². The summed E-state index contributed by atoms with van der Waals surface area (Å²) in [5, 5.41) is 2.81. The predicted molar refractivity (Wildman–Crippen MR) is 78.0 cm³/mol. The molecule has 1 aliphatic carbocycles. The fourth-order valence-electron chi connectivity index (χ4n) is 2.00. The molecule has 0 unspecified atom stereocenters. The van der Waals surface area contributed by atoms with Crippen LogP contribution in [0.4, 0.5) is 0 Å². The van der Waals surface area contributed by atoms with Gasteiger partial charge in [0.1, 0.15) is 5.75 Å². The van der Waals surface area contributed by atoms with E-state index in [1.165, 1.54) is 0 Å². The maximum atomic E-state index is 11.8. The molecule has 1 saturated carbocycles. The molecule has 0 spiro atoms. The molecular weight excluding hydrogens is 270 g/mol. The van der Waals surface area contributed by atoms with E-state index in [0.717, 1.165) is 24.2 Å². The van der Waals surface area contributed by atoms with Crippen LogP contribution in [-0.2, 0) is 20.7 Å². The molecule has 2 rings (SSSR count). The van der Waals surface area contributed by atoms with E-state index in [-0.39, 0.29) is 24.3 Å². The van der Waals surface area contributed by atoms with E-state index in [4.69, 9.17) is 9.47 Å². The highest BCUT2D eigenvalue weighted by molar-refractivity contribution is 5.83. The number of esters is 1. The molecule has 0 saturated heterocycles. The Balaban J connectivity index is 1.77. The zero-order valence-corrected chi connectivity index (χ0v) is 12.4. The first-order valence-corrected chi connectivity index (χ1v) is 7.22. The van der Waals surface area contributed by atoms with Gasteiger partial charge in [-0.2, -0.15) is 0 Å². The van der Waals surface area contributed by atoms with Crippen LogP contribution in [0.1, 0.15) is 31.7 Å². The zero-order chi connectivity index (χ0) is 15.2. The summed E-state index contributed by atoms with van der Waals surface area (Å²) in [6, 6.07) is 7.81. The topological polar surface area (TPSA) is 64.6 Å². The summed E-state index contributed by atoms with van der Waals surface area (Å²) >= 11 is 0. The third-order valence-electron chi connectivity index (χ3n) is 3.39. The van der Waals surface area contributed by atoms with E-state index in [1.807, 2.05) is 24.3 Å². The number of para-hydroxylation sites is 1. The van der Waals surface area contributed by atoms with Crippen molar-refractivity contribution in [1.29, 1.82) is 0 Å². The molecule has 1 atom stereocenters. The minimum atomic E-state index is -0.740. The van der Waals surface area contributed by atoms with Gasteiger partial charge >= 0.3 is 5.97 Å². The Hall–Kier alpha value is -2.04. The first-order valence-electron chi connectivity index (χ1n) is 7.22. The van der Waals surface area contributed by atoms with Gasteiger partial charge in [-0.1, -0.05) is 18.2 Å². The van der Waals surface area contributed by atoms with Gasteiger partial charge < -0.3 is 14.8 Å². The zero-order valence-electron chi connectivity index (χ0n) is 12.4. The molecule has 1 amide bonds. The molecule has 1 fully saturated rings. The predicted octanol–water partition coefficient (Wildman–Crippen LogP) is 1.84. The number of benzene rings is 1. The summed E-state index contributed by atoms with van der Waals surface area (Å²) in [6.45, 7) is 1.60. The van der Waals surface area contributed by atoms with Gasteiger partial charge in [0.2, 0.25) is 0 Å². The number of amides is 1. The molecule has 114 valence electrons. The summed E-state index contributed by atoms with van der Waals surface area (Å²) in [5.74, 6) is 0.160. The minimum Gasteiger partial charge on any atom is -0.496 e. The number of ether oxygens (including phenoxy) is 2. The van der Waals surface area contributed by atoms with Crippen molar-refractivity contribution in [3.05, 3.63) is 29.8 Å². The van der Waals surface area contributed by atoms with Crippen LogP contribution in [0.3, 0.4) is 0 Å². The van der Waals surface area contributed by atoms with Crippen LogP contribution in [0.25, 0.3) is 0 Å². The van der Waals surface area contributed by atoms with E-state index in [2.05, 4.69) is 5.32 Å². The van der Waals surface area contributed by atoms with Crippen molar-refractivity contribution in [2.24, 2.45) is 0 Å². The van der Waals surface area contributed by atoms with Crippen LogP contribution >= 0.6 is 0 Å². The summed E-state index contributed by atoms with van der Waals surface area (Å²) in [7, 11) is 1.60. The van der Waals surface area contributed by atoms with E-state index in [1.54, 1.807) is 14.0 Å². The number of hydrogen-bond donors (Lipinski definition) is 1. The number of carbonyl (C=O) groups excluding carboxylic acids is 2. The highest BCUT2D eigenvalue weighted by atomic mass is 16.5. The van der Waals surface area contributed by atoms with Crippen molar-refractivity contribution in [2.75, 3.05) is 7.11 Å². The summed E-state index contributed by atoms with van der Waals surface area (Å²) < 4.78 is 10.4. The van der Waals surface area contributed by atoms with Gasteiger partial charge in [0.25, 0.3) is 5.91 Å². The smallest absolute Gasteiger partial charge is 0.306 e. The number of rotatable bonds is 7. The Morgan fingerprint density at radius 1 is 1.33 bits per heavy atom. The lowest BCUT2D eigenvalue weighted by molar-refractivity contribution is -0.154. The second-order valence-electron chi connectivity index (χ2n) is 5.23. The van der Waals surface area contributed by atoms with Crippen molar-refractivity contribution in [3.8, 4) is 5.75 Å². The molecule has 0 radical (unpaired) electrons. The SMILES string of the molecule is COc1ccccc1CCC(=O)O[C@@H](C)C(=O)NC1CC1. The molecule has 5 heteroatoms. The van der Waals surface area contributed by atoms with Gasteiger partial charge in [0, 0.05) is 12.5 Å². The second-order valence-corrected chi connectivity index (χ2v) is 5.23. The highest BCUT2D eigenvalue weighted by Gasteiger charge is 2.27. The quantitative estimate of drug-likeness (QED) is 0.779. The average Bonchev–Trinajstić information content (AvgIpc) is 3.29. The Bertz CT molecular complexity index is 511. The standard InChI is InChI=1S/C16H21NO4/c1-11(16(19)17-13-8-9-13)21-15(18)10-7-12-5-3-4-6-14(12)20-2/h3-6,11,13H,7-10H2,1-2H3,(H,17,19)/t11-/m0/s1. The number of nitrogens with one attached hydrogen (secondary N) is 1. The number of methoxy groups -OCH3 is 1. The number of carbonyl (C=O) groups is 2. The molecule has 0 aliphatic heterocycles. The molecule has 1 aromatic rings. The molecule has 5 nitrogen and oxygen atoms in total. The van der Waals surface area contributed by atoms with Crippen molar-refractivity contribution in [2.45, 2.75) is 44.8 Å². The van der Waals surface area contributed by atoms with E-state index in [0.29, 0.717) is 6.42 Å². The summed E-state index contributed by atoms with van der Waals surface area (Å²) in [5.41, 5.74) is 0.951. The summed E-state index contributed by atoms with van der Waals surface area (Å²) in [4.78, 5) is 23.5. The molecule has 0 heterocycles. The third-order valence-corrected chi connectivity index (χ3v) is 3.39. The van der Waals surface area contributed by atoms with Crippen molar-refractivity contribution in [1.82, 2.24) is 5.32 Å². The Labute approximate surface area is 124 Å². The van der Waals surface area contributed by atoms with E-state index in [9.17, 15) is 9.59 Å². The minimum absolute atomic E-state index is 0.219. The first kappa shape index (κ1) is 15.4. The molecule has 1 aliphatic rings. The highest BCUT2D eigenvalue weighted by Crippen LogP contribution is 2.20. The maximum Gasteiger partial charge on any atom is 0.306 e. The lowest BCUT2D eigenvalue weighted by Gasteiger charge is -2.13. The molecule has 1 aromatic carbocycles. The molecule has 21 heavy (non-hydrogen) atoms. The maximum absolute atomic E-state index is 11.8. The average molecular weight is 291 g/mol. The lowest BCUT2D eigenvalue weighted by atomic mass is 10.1. The van der Waals surface area contributed by atoms with Gasteiger partial charge in [-0.15, -0.1) is 0 Å². The molecule has 0 aromatic heterocycles. The van der Waals surface area contributed by atoms with Crippen LogP contribution in [0.5, 0.6) is 5.75 Å². The van der Waals surface area contributed by atoms with Crippen molar-refractivity contribution in [3.63, 3.8) is 0 Å². The summed E-state index contributed by atoms with van der Waals surface area (Å²) in [6.07, 6.45) is 2.04. The van der Waals surface area contributed by atoms with Gasteiger partial charge in [-0.05, 0) is 37.8 Å². The van der Waals surface area contributed by atoms with Crippen LogP contribution in [0, 0.1) is 0 Å². The third kappa shape index (κ3) is 4.77. The van der Waals surface area contributed by atoms with Crippen molar-refractivity contribution < 1.29 is 19.1 Å². The number of aryl methyl sites for hydroxylation is 1. The van der Waals surface area contributed by atoms with Gasteiger partial charge in [0.15, 0.2) is 6.10 Å². The molecular formula is C16H21NO4. The van der Waals surface area contributed by atoms with E-state index < -0.39 is 6.10 Å². The van der Waals surface area contributed by atoms with Gasteiger partial charge in [0.05, 0.1) is 7.11 Å². The second kappa shape index (κ2) is 7.11. The fraction of sp³-hybridized carbons (Fsp3) is 0.500. The normalized spacial score (nSPS) is 15.1. The monoisotopic (exact) mass is 291 g/mol. The number of hydrogen-bond acceptors (Lipinski definition) is 4. The Morgan fingerprint density at radius 2 is 2.05 bits per heavy atom. The van der Waals surface area contributed by atoms with Crippen LogP contribution in [-0.4, -0.2) is 31.1 Å². The van der Waals surface area contributed by atoms with Crippen molar-refractivity contribution >= 4 is 11.9 Å². The fourth-order valence-corrected chi connectivity index (χ4v) is 2.00. The Kier molecular flexibility index (Phi) is 5.20. The van der Waals surface area contributed by atoms with Gasteiger partial charge in [-0.25, -0.2) is 0 Å². The van der Waals surface area contributed by atoms with Crippen LogP contribution in [0.15, 0.2) is 24.3 Å². The molecule has 0 bridgehead atoms. The lowest BCUT2D eigenvalue weighted by Crippen LogP contribution is -2.37. The largest absolute Gasteiger partial charge is 0.496 e. The van der Waals surface area contributed by atoms with Crippen LogP contribution in [0.2, 0.25) is 0 Å². The molecule has 1 N–H and O–H groups in total. The van der Waals surface area contributed by atoms with E-state index >= 15 is 0 Å². The van der Waals surface area contributed by atoms with Crippen LogP contribution < -0.4 is 10.1 Å². The Morgan fingerprint density at radius 3 is 2.71 bits per heavy atom.